The predicted octanol–water partition coefficient (Wildman–Crippen LogP) is 3.58. The molecule has 0 amide bonds. The largest absolute Gasteiger partial charge is 0.496 e. The monoisotopic (exact) mass is 262 g/mol. The number of hydrogen-bond acceptors (Lipinski definition) is 1. The van der Waals surface area contributed by atoms with Crippen molar-refractivity contribution < 1.29 is 13.5 Å². The summed E-state index contributed by atoms with van der Waals surface area (Å²) >= 11 is 3.27. The molecule has 4 heteroatoms. The lowest BCUT2D eigenvalue weighted by atomic mass is 10.1. The summed E-state index contributed by atoms with van der Waals surface area (Å²) < 4.78 is 31.2. The van der Waals surface area contributed by atoms with Gasteiger partial charge in [0.15, 0.2) is 0 Å². The smallest absolute Gasteiger partial charge is 0.255 e. The summed E-state index contributed by atoms with van der Waals surface area (Å²) in [5.41, 5.74) is 0.669. The lowest BCUT2D eigenvalue weighted by Gasteiger charge is -2.05. The molecular weight excluding hydrogens is 254 g/mol. The standard InChI is InChI=1S/C10H9BrF2O/c1-14-9-3-2-6(4-8(9)11)7-5-10(7,12)13/h2-4,7H,5H2,1H3. The molecular formula is C10H9BrF2O. The van der Waals surface area contributed by atoms with Crippen LogP contribution in [-0.4, -0.2) is 13.0 Å². The molecule has 1 saturated carbocycles. The number of benzene rings is 1. The van der Waals surface area contributed by atoms with E-state index in [9.17, 15) is 8.78 Å². The molecule has 1 aliphatic carbocycles. The zero-order valence-corrected chi connectivity index (χ0v) is 9.14. The van der Waals surface area contributed by atoms with E-state index in [0.717, 1.165) is 4.47 Å². The highest BCUT2D eigenvalue weighted by molar-refractivity contribution is 9.10. The van der Waals surface area contributed by atoms with Gasteiger partial charge in [-0.1, -0.05) is 6.07 Å². The van der Waals surface area contributed by atoms with E-state index in [1.54, 1.807) is 25.3 Å². The van der Waals surface area contributed by atoms with Gasteiger partial charge in [0.05, 0.1) is 17.5 Å². The molecule has 1 aromatic carbocycles. The molecule has 2 rings (SSSR count). The van der Waals surface area contributed by atoms with Crippen LogP contribution >= 0.6 is 15.9 Å². The van der Waals surface area contributed by atoms with Crippen LogP contribution in [0.25, 0.3) is 0 Å². The van der Waals surface area contributed by atoms with Crippen LogP contribution in [0, 0.1) is 0 Å². The summed E-state index contributed by atoms with van der Waals surface area (Å²) in [5.74, 6) is -2.45. The Morgan fingerprint density at radius 1 is 1.50 bits per heavy atom. The zero-order chi connectivity index (χ0) is 10.3. The molecule has 0 spiro atoms. The van der Waals surface area contributed by atoms with Gasteiger partial charge in [-0.2, -0.15) is 0 Å². The summed E-state index contributed by atoms with van der Waals surface area (Å²) in [5, 5.41) is 0. The Kier molecular flexibility index (Phi) is 2.26. The van der Waals surface area contributed by atoms with E-state index in [4.69, 9.17) is 4.74 Å². The maximum atomic E-state index is 12.7. The maximum Gasteiger partial charge on any atom is 0.255 e. The van der Waals surface area contributed by atoms with Gasteiger partial charge in [0.2, 0.25) is 0 Å². The van der Waals surface area contributed by atoms with Gasteiger partial charge < -0.3 is 4.74 Å². The Hall–Kier alpha value is -0.640. The normalized spacial score (nSPS) is 23.3. The number of alkyl halides is 2. The van der Waals surface area contributed by atoms with E-state index in [2.05, 4.69) is 15.9 Å². The molecule has 1 unspecified atom stereocenters. The predicted molar refractivity (Wildman–Crippen MR) is 53.0 cm³/mol. The first-order valence-corrected chi connectivity index (χ1v) is 5.05. The lowest BCUT2D eigenvalue weighted by Crippen LogP contribution is -1.93. The molecule has 0 N–H and O–H groups in total. The van der Waals surface area contributed by atoms with Gasteiger partial charge in [-0.15, -0.1) is 0 Å². The van der Waals surface area contributed by atoms with Crippen molar-refractivity contribution in [3.63, 3.8) is 0 Å². The average molecular weight is 263 g/mol. The van der Waals surface area contributed by atoms with Crippen LogP contribution in [0.3, 0.4) is 0 Å². The van der Waals surface area contributed by atoms with Crippen molar-refractivity contribution in [3.05, 3.63) is 28.2 Å². The molecule has 76 valence electrons. The molecule has 0 bridgehead atoms. The fourth-order valence-electron chi connectivity index (χ4n) is 1.47. The molecule has 1 aliphatic rings. The molecule has 0 aliphatic heterocycles. The second kappa shape index (κ2) is 3.19. The number of ether oxygens (including phenoxy) is 1. The fraction of sp³-hybridized carbons (Fsp3) is 0.400. The summed E-state index contributed by atoms with van der Waals surface area (Å²) in [6, 6.07) is 5.09. The van der Waals surface area contributed by atoms with Crippen LogP contribution in [0.4, 0.5) is 8.78 Å². The minimum Gasteiger partial charge on any atom is -0.496 e. The fourth-order valence-corrected chi connectivity index (χ4v) is 2.03. The Morgan fingerprint density at radius 3 is 2.57 bits per heavy atom. The number of hydrogen-bond donors (Lipinski definition) is 0. The van der Waals surface area contributed by atoms with Crippen molar-refractivity contribution in [2.24, 2.45) is 0 Å². The summed E-state index contributed by atoms with van der Waals surface area (Å²) in [7, 11) is 1.55. The van der Waals surface area contributed by atoms with E-state index in [1.165, 1.54) is 0 Å². The van der Waals surface area contributed by atoms with E-state index in [0.29, 0.717) is 11.3 Å². The first kappa shape index (κ1) is 9.90. The van der Waals surface area contributed by atoms with Crippen LogP contribution in [0.1, 0.15) is 17.9 Å². The molecule has 1 nitrogen and oxygen atoms in total. The van der Waals surface area contributed by atoms with Gasteiger partial charge >= 0.3 is 0 Å². The maximum absolute atomic E-state index is 12.7. The molecule has 1 atom stereocenters. The second-order valence-electron chi connectivity index (χ2n) is 3.41. The highest BCUT2D eigenvalue weighted by atomic mass is 79.9. The second-order valence-corrected chi connectivity index (χ2v) is 4.27. The molecule has 1 aromatic rings. The third kappa shape index (κ3) is 1.63. The van der Waals surface area contributed by atoms with Gasteiger partial charge in [0.25, 0.3) is 5.92 Å². The Bertz CT molecular complexity index is 365. The van der Waals surface area contributed by atoms with Crippen LogP contribution in [0.2, 0.25) is 0 Å². The first-order chi connectivity index (χ1) is 6.54. The molecule has 0 saturated heterocycles. The van der Waals surface area contributed by atoms with Gasteiger partial charge in [0.1, 0.15) is 5.75 Å². The van der Waals surface area contributed by atoms with Crippen molar-refractivity contribution >= 4 is 15.9 Å². The van der Waals surface area contributed by atoms with Gasteiger partial charge in [-0.25, -0.2) is 8.78 Å². The Labute approximate surface area is 89.2 Å². The van der Waals surface area contributed by atoms with Crippen LogP contribution < -0.4 is 4.74 Å². The van der Waals surface area contributed by atoms with Crippen molar-refractivity contribution in [1.82, 2.24) is 0 Å². The van der Waals surface area contributed by atoms with E-state index in [-0.39, 0.29) is 6.42 Å². The summed E-state index contributed by atoms with van der Waals surface area (Å²) in [6.07, 6.45) is -0.0359. The highest BCUT2D eigenvalue weighted by Gasteiger charge is 2.57. The van der Waals surface area contributed by atoms with E-state index in [1.807, 2.05) is 0 Å². The number of halogens is 3. The molecule has 0 radical (unpaired) electrons. The molecule has 0 aromatic heterocycles. The number of rotatable bonds is 2. The Balaban J connectivity index is 2.26. The minimum atomic E-state index is -2.51. The lowest BCUT2D eigenvalue weighted by molar-refractivity contribution is 0.112. The van der Waals surface area contributed by atoms with Crippen molar-refractivity contribution in [3.8, 4) is 5.75 Å². The topological polar surface area (TPSA) is 9.23 Å². The van der Waals surface area contributed by atoms with Crippen LogP contribution in [0.15, 0.2) is 22.7 Å². The van der Waals surface area contributed by atoms with Gasteiger partial charge in [-0.05, 0) is 33.6 Å². The zero-order valence-electron chi connectivity index (χ0n) is 7.56. The number of methoxy groups -OCH3 is 1. The SMILES string of the molecule is COc1ccc(C2CC2(F)F)cc1Br. The molecule has 0 heterocycles. The summed E-state index contributed by atoms with van der Waals surface area (Å²) in [6.45, 7) is 0. The van der Waals surface area contributed by atoms with Crippen LogP contribution in [0.5, 0.6) is 5.75 Å². The van der Waals surface area contributed by atoms with E-state index < -0.39 is 11.8 Å². The third-order valence-corrected chi connectivity index (χ3v) is 3.02. The van der Waals surface area contributed by atoms with Crippen molar-refractivity contribution in [1.29, 1.82) is 0 Å². The minimum absolute atomic E-state index is 0.0359. The average Bonchev–Trinajstić information content (AvgIpc) is 2.75. The summed E-state index contributed by atoms with van der Waals surface area (Å²) in [4.78, 5) is 0. The molecule has 14 heavy (non-hydrogen) atoms. The van der Waals surface area contributed by atoms with Crippen LogP contribution in [-0.2, 0) is 0 Å². The van der Waals surface area contributed by atoms with Gasteiger partial charge in [0, 0.05) is 6.42 Å². The Morgan fingerprint density at radius 2 is 2.14 bits per heavy atom. The molecule has 1 fully saturated rings. The van der Waals surface area contributed by atoms with Gasteiger partial charge in [-0.3, -0.25) is 0 Å². The van der Waals surface area contributed by atoms with E-state index >= 15 is 0 Å². The first-order valence-electron chi connectivity index (χ1n) is 4.26. The van der Waals surface area contributed by atoms with Crippen molar-refractivity contribution in [2.45, 2.75) is 18.3 Å². The highest BCUT2D eigenvalue weighted by Crippen LogP contribution is 2.56. The van der Waals surface area contributed by atoms with Crippen molar-refractivity contribution in [2.75, 3.05) is 7.11 Å². The third-order valence-electron chi connectivity index (χ3n) is 2.40. The quantitative estimate of drug-likeness (QED) is 0.792.